The first-order valence-corrected chi connectivity index (χ1v) is 8.01. The molecular weight excluding hydrogens is 296 g/mol. The third-order valence-corrected chi connectivity index (χ3v) is 5.10. The van der Waals surface area contributed by atoms with Crippen LogP contribution in [0, 0.1) is 17.2 Å². The molecule has 22 heavy (non-hydrogen) atoms. The van der Waals surface area contributed by atoms with Crippen molar-refractivity contribution in [3.8, 4) is 17.6 Å². The molecule has 0 saturated heterocycles. The Kier molecular flexibility index (Phi) is 3.86. The predicted molar refractivity (Wildman–Crippen MR) is 87.2 cm³/mol. The maximum absolute atomic E-state index is 9.78. The maximum Gasteiger partial charge on any atom is 0.134 e. The minimum absolute atomic E-state index is 0.00735. The number of rotatable bonds is 2. The number of hydrogen-bond donors (Lipinski definition) is 2. The Hall–Kier alpha value is -2.32. The highest BCUT2D eigenvalue weighted by atomic mass is 32.1. The zero-order chi connectivity index (χ0) is 15.7. The summed E-state index contributed by atoms with van der Waals surface area (Å²) in [6.45, 7) is 2.23. The Morgan fingerprint density at radius 2 is 2.23 bits per heavy atom. The molecule has 0 saturated carbocycles. The van der Waals surface area contributed by atoms with Crippen LogP contribution in [0.3, 0.4) is 0 Å². The fourth-order valence-electron chi connectivity index (χ4n) is 2.71. The fraction of sp³-hybridized carbons (Fsp3) is 0.294. The number of fused-ring (bicyclic) bond motifs is 1. The first kappa shape index (κ1) is 14.6. The van der Waals surface area contributed by atoms with Gasteiger partial charge in [0.05, 0.1) is 5.56 Å². The standard InChI is InChI=1S/C17H16N2O2S/c1-10-2-5-13-14(8-18)17(22-16(13)6-10)19-9-11-3-4-12(20)7-15(11)21/h3-4,7,9-10,20-21H,2,5-6H2,1H3/b19-9+/t10-/m1/s1. The molecule has 2 aromatic rings. The number of phenolic OH excluding ortho intramolecular Hbond substituents is 2. The minimum Gasteiger partial charge on any atom is -0.508 e. The van der Waals surface area contributed by atoms with Crippen LogP contribution in [-0.2, 0) is 12.8 Å². The summed E-state index contributed by atoms with van der Waals surface area (Å²) in [7, 11) is 0. The average Bonchev–Trinajstić information content (AvgIpc) is 2.82. The van der Waals surface area contributed by atoms with Crippen molar-refractivity contribution in [3.63, 3.8) is 0 Å². The van der Waals surface area contributed by atoms with Crippen LogP contribution in [0.25, 0.3) is 0 Å². The van der Waals surface area contributed by atoms with Crippen molar-refractivity contribution in [1.29, 1.82) is 5.26 Å². The smallest absolute Gasteiger partial charge is 0.134 e. The van der Waals surface area contributed by atoms with Gasteiger partial charge in [0.1, 0.15) is 22.6 Å². The van der Waals surface area contributed by atoms with E-state index in [9.17, 15) is 15.5 Å². The Morgan fingerprint density at radius 3 is 2.95 bits per heavy atom. The topological polar surface area (TPSA) is 76.6 Å². The van der Waals surface area contributed by atoms with Gasteiger partial charge in [0.2, 0.25) is 0 Å². The number of nitrogens with zero attached hydrogens (tertiary/aromatic N) is 2. The highest BCUT2D eigenvalue weighted by Crippen LogP contribution is 2.40. The molecule has 3 rings (SSSR count). The summed E-state index contributed by atoms with van der Waals surface area (Å²) in [5.41, 5.74) is 2.33. The van der Waals surface area contributed by atoms with Crippen LogP contribution in [0.1, 0.15) is 34.9 Å². The summed E-state index contributed by atoms with van der Waals surface area (Å²) >= 11 is 1.57. The van der Waals surface area contributed by atoms with Gasteiger partial charge in [-0.25, -0.2) is 4.99 Å². The molecule has 1 aromatic carbocycles. The molecule has 0 amide bonds. The van der Waals surface area contributed by atoms with Gasteiger partial charge in [-0.1, -0.05) is 6.92 Å². The highest BCUT2D eigenvalue weighted by Gasteiger charge is 2.23. The molecule has 1 aliphatic carbocycles. The van der Waals surface area contributed by atoms with Gasteiger partial charge in [0, 0.05) is 22.7 Å². The summed E-state index contributed by atoms with van der Waals surface area (Å²) in [5.74, 6) is 0.626. The molecule has 1 atom stereocenters. The van der Waals surface area contributed by atoms with Gasteiger partial charge in [-0.05, 0) is 42.9 Å². The number of nitriles is 1. The van der Waals surface area contributed by atoms with E-state index in [2.05, 4.69) is 18.0 Å². The number of aliphatic imine (C=N–C) groups is 1. The summed E-state index contributed by atoms with van der Waals surface area (Å²) in [6.07, 6.45) is 4.60. The van der Waals surface area contributed by atoms with Gasteiger partial charge < -0.3 is 10.2 Å². The van der Waals surface area contributed by atoms with Crippen LogP contribution in [0.5, 0.6) is 11.5 Å². The molecule has 0 unspecified atom stereocenters. The van der Waals surface area contributed by atoms with Crippen LogP contribution >= 0.6 is 11.3 Å². The van der Waals surface area contributed by atoms with Crippen LogP contribution in [0.2, 0.25) is 0 Å². The molecule has 0 bridgehead atoms. The molecule has 0 fully saturated rings. The first-order valence-electron chi connectivity index (χ1n) is 7.19. The Bertz CT molecular complexity index is 787. The third-order valence-electron chi connectivity index (χ3n) is 3.94. The van der Waals surface area contributed by atoms with Crippen molar-refractivity contribution in [3.05, 3.63) is 39.8 Å². The zero-order valence-corrected chi connectivity index (χ0v) is 13.0. The second kappa shape index (κ2) is 5.82. The molecule has 2 N–H and O–H groups in total. The molecule has 112 valence electrons. The van der Waals surface area contributed by atoms with Gasteiger partial charge in [-0.15, -0.1) is 11.3 Å². The van der Waals surface area contributed by atoms with Crippen molar-refractivity contribution in [2.24, 2.45) is 10.9 Å². The first-order chi connectivity index (χ1) is 10.6. The SMILES string of the molecule is C[C@@H]1CCc2c(sc(/N=C/c3ccc(O)cc3O)c2C#N)C1. The quantitative estimate of drug-likeness (QED) is 0.825. The van der Waals surface area contributed by atoms with E-state index in [4.69, 9.17) is 0 Å². The summed E-state index contributed by atoms with van der Waals surface area (Å²) in [4.78, 5) is 5.66. The fourth-order valence-corrected chi connectivity index (χ4v) is 4.02. The Balaban J connectivity index is 1.96. The number of benzene rings is 1. The number of phenols is 2. The monoisotopic (exact) mass is 312 g/mol. The van der Waals surface area contributed by atoms with Crippen molar-refractivity contribution < 1.29 is 10.2 Å². The lowest BCUT2D eigenvalue weighted by Crippen LogP contribution is -2.09. The lowest BCUT2D eigenvalue weighted by Gasteiger charge is -2.17. The molecule has 0 radical (unpaired) electrons. The van der Waals surface area contributed by atoms with Gasteiger partial charge in [-0.2, -0.15) is 5.26 Å². The molecule has 1 heterocycles. The molecule has 1 aliphatic rings. The second-order valence-electron chi connectivity index (χ2n) is 5.65. The molecule has 5 heteroatoms. The molecular formula is C17H16N2O2S. The van der Waals surface area contributed by atoms with E-state index in [1.54, 1.807) is 17.4 Å². The Labute approximate surface area is 133 Å². The summed E-state index contributed by atoms with van der Waals surface area (Å²) in [5, 5.41) is 29.2. The van der Waals surface area contributed by atoms with E-state index in [-0.39, 0.29) is 11.5 Å². The second-order valence-corrected chi connectivity index (χ2v) is 6.73. The van der Waals surface area contributed by atoms with Crippen molar-refractivity contribution in [2.75, 3.05) is 0 Å². The average molecular weight is 312 g/mol. The van der Waals surface area contributed by atoms with E-state index < -0.39 is 0 Å². The number of aromatic hydroxyl groups is 2. The van der Waals surface area contributed by atoms with Crippen molar-refractivity contribution >= 4 is 22.6 Å². The summed E-state index contributed by atoms with van der Waals surface area (Å²) < 4.78 is 0. The lowest BCUT2D eigenvalue weighted by atomic mass is 9.89. The molecule has 1 aromatic heterocycles. The van der Waals surface area contributed by atoms with E-state index >= 15 is 0 Å². The van der Waals surface area contributed by atoms with E-state index in [1.165, 1.54) is 23.2 Å². The van der Waals surface area contributed by atoms with Gasteiger partial charge in [0.15, 0.2) is 0 Å². The molecule has 0 spiro atoms. The van der Waals surface area contributed by atoms with Crippen molar-refractivity contribution in [2.45, 2.75) is 26.2 Å². The van der Waals surface area contributed by atoms with Crippen LogP contribution in [-0.4, -0.2) is 16.4 Å². The van der Waals surface area contributed by atoms with Crippen LogP contribution < -0.4 is 0 Å². The maximum atomic E-state index is 9.78. The van der Waals surface area contributed by atoms with Gasteiger partial charge in [0.25, 0.3) is 0 Å². The minimum atomic E-state index is -0.0304. The third kappa shape index (κ3) is 2.70. The van der Waals surface area contributed by atoms with Crippen LogP contribution in [0.4, 0.5) is 5.00 Å². The summed E-state index contributed by atoms with van der Waals surface area (Å²) in [6, 6.07) is 6.63. The van der Waals surface area contributed by atoms with E-state index in [0.717, 1.165) is 24.8 Å². The lowest BCUT2D eigenvalue weighted by molar-refractivity contribution is 0.450. The van der Waals surface area contributed by atoms with E-state index in [1.807, 2.05) is 0 Å². The van der Waals surface area contributed by atoms with E-state index in [0.29, 0.717) is 22.0 Å². The number of hydrogen-bond acceptors (Lipinski definition) is 5. The Morgan fingerprint density at radius 1 is 1.41 bits per heavy atom. The zero-order valence-electron chi connectivity index (χ0n) is 12.2. The van der Waals surface area contributed by atoms with Gasteiger partial charge in [-0.3, -0.25) is 0 Å². The highest BCUT2D eigenvalue weighted by molar-refractivity contribution is 7.16. The largest absolute Gasteiger partial charge is 0.508 e. The molecule has 4 nitrogen and oxygen atoms in total. The molecule has 0 aliphatic heterocycles. The van der Waals surface area contributed by atoms with Gasteiger partial charge >= 0.3 is 0 Å². The van der Waals surface area contributed by atoms with Crippen molar-refractivity contribution in [1.82, 2.24) is 0 Å². The number of thiophene rings is 1. The van der Waals surface area contributed by atoms with Crippen LogP contribution in [0.15, 0.2) is 23.2 Å². The normalized spacial score (nSPS) is 17.4. The predicted octanol–water partition coefficient (Wildman–Crippen LogP) is 3.91.